The molecule has 21 heavy (non-hydrogen) atoms. The lowest BCUT2D eigenvalue weighted by atomic mass is 10.1. The zero-order chi connectivity index (χ0) is 14.8. The zero-order valence-corrected chi connectivity index (χ0v) is 13.0. The van der Waals surface area contributed by atoms with Crippen LogP contribution in [0.1, 0.15) is 34.4 Å². The highest BCUT2D eigenvalue weighted by Crippen LogP contribution is 2.27. The molecule has 0 radical (unpaired) electrons. The summed E-state index contributed by atoms with van der Waals surface area (Å²) in [6, 6.07) is 2.15. The minimum Gasteiger partial charge on any atom is -0.363 e. The number of amides is 1. The number of hydrogen-bond acceptors (Lipinski definition) is 5. The molecule has 3 rings (SSSR count). The van der Waals surface area contributed by atoms with Crippen LogP contribution < -0.4 is 5.73 Å². The van der Waals surface area contributed by atoms with E-state index in [0.29, 0.717) is 0 Å². The van der Waals surface area contributed by atoms with E-state index in [1.54, 1.807) is 22.3 Å². The maximum atomic E-state index is 11.1. The summed E-state index contributed by atoms with van der Waals surface area (Å²) in [6.07, 6.45) is 3.70. The van der Waals surface area contributed by atoms with Crippen molar-refractivity contribution in [3.05, 3.63) is 33.5 Å². The average Bonchev–Trinajstić information content (AvgIpc) is 3.09. The summed E-state index contributed by atoms with van der Waals surface area (Å²) in [6.45, 7) is 2.77. The van der Waals surface area contributed by atoms with Crippen molar-refractivity contribution in [3.63, 3.8) is 0 Å². The molecule has 1 aliphatic heterocycles. The molecule has 0 bridgehead atoms. The number of primary amides is 1. The number of piperidine rings is 1. The molecule has 8 heteroatoms. The van der Waals surface area contributed by atoms with Crippen LogP contribution in [0, 0.1) is 0 Å². The fraction of sp³-hybridized carbons (Fsp3) is 0.462. The maximum absolute atomic E-state index is 11.1. The predicted molar refractivity (Wildman–Crippen MR) is 81.4 cm³/mol. The van der Waals surface area contributed by atoms with Gasteiger partial charge in [0.05, 0.1) is 11.1 Å². The Labute approximate surface area is 131 Å². The molecule has 1 aliphatic rings. The molecular formula is C13H16ClN5OS. The van der Waals surface area contributed by atoms with Crippen molar-refractivity contribution in [2.45, 2.75) is 25.4 Å². The number of likely N-dealkylation sites (tertiary alicyclic amines) is 1. The van der Waals surface area contributed by atoms with Crippen molar-refractivity contribution in [1.82, 2.24) is 19.7 Å². The van der Waals surface area contributed by atoms with Crippen LogP contribution in [0.25, 0.3) is 0 Å². The summed E-state index contributed by atoms with van der Waals surface area (Å²) in [5, 5.41) is 7.01. The second kappa shape index (κ2) is 6.13. The minimum absolute atomic E-state index is 0.0772. The molecule has 0 saturated carbocycles. The fourth-order valence-electron chi connectivity index (χ4n) is 2.60. The van der Waals surface area contributed by atoms with Crippen molar-refractivity contribution in [2.24, 2.45) is 5.73 Å². The van der Waals surface area contributed by atoms with Gasteiger partial charge in [-0.15, -0.1) is 16.4 Å². The summed E-state index contributed by atoms with van der Waals surface area (Å²) >= 11 is 7.83. The Bertz CT molecular complexity index is 640. The Morgan fingerprint density at radius 3 is 3.10 bits per heavy atom. The van der Waals surface area contributed by atoms with E-state index in [9.17, 15) is 4.79 Å². The van der Waals surface area contributed by atoms with Crippen molar-refractivity contribution >= 4 is 28.8 Å². The monoisotopic (exact) mass is 325 g/mol. The predicted octanol–water partition coefficient (Wildman–Crippen LogP) is 1.93. The van der Waals surface area contributed by atoms with Crippen molar-refractivity contribution in [1.29, 1.82) is 0 Å². The topological polar surface area (TPSA) is 77.0 Å². The first-order valence-electron chi connectivity index (χ1n) is 6.78. The van der Waals surface area contributed by atoms with Crippen LogP contribution >= 0.6 is 22.9 Å². The Morgan fingerprint density at radius 1 is 1.57 bits per heavy atom. The number of nitrogens with zero attached hydrogens (tertiary/aromatic N) is 4. The first-order valence-corrected chi connectivity index (χ1v) is 8.04. The second-order valence-corrected chi connectivity index (χ2v) is 6.54. The second-order valence-electron chi connectivity index (χ2n) is 5.14. The number of rotatable bonds is 4. The van der Waals surface area contributed by atoms with Gasteiger partial charge in [-0.3, -0.25) is 9.69 Å². The van der Waals surface area contributed by atoms with Gasteiger partial charge in [0.25, 0.3) is 5.91 Å². The third-order valence-corrected chi connectivity index (χ3v) is 5.01. The lowest BCUT2D eigenvalue weighted by Crippen LogP contribution is -2.36. The van der Waals surface area contributed by atoms with Gasteiger partial charge in [0.1, 0.15) is 6.33 Å². The third kappa shape index (κ3) is 3.25. The SMILES string of the molecule is NC(=O)c1ncn([C@@H]2CCCN(Cc3sccc3Cl)C2)n1. The van der Waals surface area contributed by atoms with Crippen LogP contribution in [0.15, 0.2) is 17.8 Å². The number of nitrogens with two attached hydrogens (primary N) is 1. The van der Waals surface area contributed by atoms with Gasteiger partial charge in [-0.1, -0.05) is 11.6 Å². The number of carbonyl (C=O) groups excluding carboxylic acids is 1. The van der Waals surface area contributed by atoms with Crippen LogP contribution in [0.4, 0.5) is 0 Å². The van der Waals surface area contributed by atoms with Crippen LogP contribution in [-0.2, 0) is 6.54 Å². The summed E-state index contributed by atoms with van der Waals surface area (Å²) in [7, 11) is 0. The average molecular weight is 326 g/mol. The normalized spacial score (nSPS) is 19.8. The number of thiophene rings is 1. The molecule has 6 nitrogen and oxygen atoms in total. The minimum atomic E-state index is -0.591. The van der Waals surface area contributed by atoms with E-state index >= 15 is 0 Å². The van der Waals surface area contributed by atoms with E-state index in [2.05, 4.69) is 15.0 Å². The molecule has 2 aromatic rings. The highest BCUT2D eigenvalue weighted by molar-refractivity contribution is 7.10. The molecule has 1 fully saturated rings. The van der Waals surface area contributed by atoms with Crippen LogP contribution in [0.5, 0.6) is 0 Å². The lowest BCUT2D eigenvalue weighted by molar-refractivity contribution is 0.0989. The lowest BCUT2D eigenvalue weighted by Gasteiger charge is -2.32. The largest absolute Gasteiger partial charge is 0.363 e. The van der Waals surface area contributed by atoms with E-state index in [1.807, 2.05) is 11.4 Å². The molecule has 1 saturated heterocycles. The number of halogens is 1. The zero-order valence-electron chi connectivity index (χ0n) is 11.4. The van der Waals surface area contributed by atoms with Gasteiger partial charge in [0.15, 0.2) is 0 Å². The number of carbonyl (C=O) groups is 1. The van der Waals surface area contributed by atoms with Gasteiger partial charge in [-0.05, 0) is 30.8 Å². The number of hydrogen-bond donors (Lipinski definition) is 1. The molecule has 112 valence electrons. The molecule has 0 unspecified atom stereocenters. The highest BCUT2D eigenvalue weighted by Gasteiger charge is 2.23. The van der Waals surface area contributed by atoms with Gasteiger partial charge >= 0.3 is 0 Å². The summed E-state index contributed by atoms with van der Waals surface area (Å²) < 4.78 is 1.75. The van der Waals surface area contributed by atoms with Gasteiger partial charge < -0.3 is 5.73 Å². The van der Waals surface area contributed by atoms with E-state index in [1.165, 1.54) is 4.88 Å². The van der Waals surface area contributed by atoms with E-state index in [4.69, 9.17) is 17.3 Å². The van der Waals surface area contributed by atoms with Gasteiger partial charge in [0.2, 0.25) is 5.82 Å². The summed E-state index contributed by atoms with van der Waals surface area (Å²) in [5.74, 6) is -0.514. The quantitative estimate of drug-likeness (QED) is 0.931. The third-order valence-electron chi connectivity index (χ3n) is 3.64. The Balaban J connectivity index is 1.67. The molecular weight excluding hydrogens is 310 g/mol. The Hall–Kier alpha value is -1.44. The fourth-order valence-corrected chi connectivity index (χ4v) is 3.73. The Morgan fingerprint density at radius 2 is 2.43 bits per heavy atom. The molecule has 3 heterocycles. The van der Waals surface area contributed by atoms with Crippen LogP contribution in [0.2, 0.25) is 5.02 Å². The molecule has 0 aromatic carbocycles. The van der Waals surface area contributed by atoms with Crippen LogP contribution in [-0.4, -0.2) is 38.7 Å². The highest BCUT2D eigenvalue weighted by atomic mass is 35.5. The first kappa shape index (κ1) is 14.5. The van der Waals surface area contributed by atoms with E-state index in [-0.39, 0.29) is 11.9 Å². The van der Waals surface area contributed by atoms with E-state index < -0.39 is 5.91 Å². The van der Waals surface area contributed by atoms with Gasteiger partial charge in [0, 0.05) is 18.0 Å². The Kier molecular flexibility index (Phi) is 4.23. The summed E-state index contributed by atoms with van der Waals surface area (Å²) in [4.78, 5) is 18.6. The van der Waals surface area contributed by atoms with Crippen molar-refractivity contribution < 1.29 is 4.79 Å². The maximum Gasteiger partial charge on any atom is 0.288 e. The van der Waals surface area contributed by atoms with Gasteiger partial charge in [-0.25, -0.2) is 9.67 Å². The van der Waals surface area contributed by atoms with Crippen LogP contribution in [0.3, 0.4) is 0 Å². The van der Waals surface area contributed by atoms with Crippen molar-refractivity contribution in [2.75, 3.05) is 13.1 Å². The summed E-state index contributed by atoms with van der Waals surface area (Å²) in [5.41, 5.74) is 5.19. The smallest absolute Gasteiger partial charge is 0.288 e. The number of aromatic nitrogens is 3. The molecule has 2 aromatic heterocycles. The van der Waals surface area contributed by atoms with Crippen molar-refractivity contribution in [3.8, 4) is 0 Å². The molecule has 1 atom stereocenters. The molecule has 0 aliphatic carbocycles. The standard InChI is InChI=1S/C13H16ClN5OS/c14-10-3-5-21-11(10)7-18-4-1-2-9(6-18)19-8-16-13(17-19)12(15)20/h3,5,8-9H,1-2,4,6-7H2,(H2,15,20)/t9-/m1/s1. The molecule has 1 amide bonds. The van der Waals surface area contributed by atoms with E-state index in [0.717, 1.165) is 37.5 Å². The first-order chi connectivity index (χ1) is 10.1. The van der Waals surface area contributed by atoms with Gasteiger partial charge in [-0.2, -0.15) is 0 Å². The molecule has 2 N–H and O–H groups in total. The molecule has 0 spiro atoms.